The Morgan fingerprint density at radius 3 is 2.76 bits per heavy atom. The maximum absolute atomic E-state index is 11.1. The molecule has 0 bridgehead atoms. The van der Waals surface area contributed by atoms with Crippen LogP contribution in [0.5, 0.6) is 11.8 Å². The van der Waals surface area contributed by atoms with Crippen molar-refractivity contribution in [2.75, 3.05) is 25.6 Å². The molecule has 3 aromatic heterocycles. The van der Waals surface area contributed by atoms with Crippen molar-refractivity contribution in [2.45, 2.75) is 77.4 Å². The molecule has 5 aromatic rings. The molecule has 0 amide bonds. The predicted octanol–water partition coefficient (Wildman–Crippen LogP) is 5.03. The van der Waals surface area contributed by atoms with Gasteiger partial charge in [0.1, 0.15) is 24.7 Å². The Labute approximate surface area is 284 Å². The number of rotatable bonds is 14. The first-order valence-corrected chi connectivity index (χ1v) is 16.4. The van der Waals surface area contributed by atoms with Gasteiger partial charge in [0.2, 0.25) is 0 Å². The van der Waals surface area contributed by atoms with Gasteiger partial charge in [-0.15, -0.1) is 5.10 Å². The van der Waals surface area contributed by atoms with E-state index in [0.29, 0.717) is 13.2 Å². The van der Waals surface area contributed by atoms with Crippen molar-refractivity contribution in [1.29, 1.82) is 0 Å². The van der Waals surface area contributed by atoms with Gasteiger partial charge < -0.3 is 35.0 Å². The average molecular weight is 671 g/mol. The van der Waals surface area contributed by atoms with Crippen LogP contribution >= 0.6 is 0 Å². The SMILES string of the molecule is COc1cc(NC(C)CCCNC(c2ccc(CO[C@@H]3COc4nc([N+](=O)[O-])cn4C3)cc2)c2nnnn2C(C)(C)C)c2ncccc2c1. The second-order valence-corrected chi connectivity index (χ2v) is 13.2. The van der Waals surface area contributed by atoms with Gasteiger partial charge in [-0.2, -0.15) is 0 Å². The summed E-state index contributed by atoms with van der Waals surface area (Å²) in [5.41, 5.74) is 3.58. The summed E-state index contributed by atoms with van der Waals surface area (Å²) >= 11 is 0. The molecule has 0 spiro atoms. The van der Waals surface area contributed by atoms with E-state index in [4.69, 9.17) is 14.2 Å². The third-order valence-electron chi connectivity index (χ3n) is 8.38. The van der Waals surface area contributed by atoms with Gasteiger partial charge in [0.05, 0.1) is 43.0 Å². The van der Waals surface area contributed by atoms with Gasteiger partial charge in [-0.25, -0.2) is 4.68 Å². The molecule has 3 atom stereocenters. The second kappa shape index (κ2) is 14.5. The van der Waals surface area contributed by atoms with E-state index in [-0.39, 0.29) is 42.2 Å². The lowest BCUT2D eigenvalue weighted by molar-refractivity contribution is -0.389. The van der Waals surface area contributed by atoms with Crippen molar-refractivity contribution < 1.29 is 19.1 Å². The Kier molecular flexibility index (Phi) is 10.0. The fraction of sp³-hybridized carbons (Fsp3) is 0.441. The number of anilines is 1. The van der Waals surface area contributed by atoms with Crippen LogP contribution in [0.4, 0.5) is 11.5 Å². The highest BCUT2D eigenvalue weighted by Gasteiger charge is 2.29. The summed E-state index contributed by atoms with van der Waals surface area (Å²) in [7, 11) is 1.67. The lowest BCUT2D eigenvalue weighted by Gasteiger charge is -2.25. The van der Waals surface area contributed by atoms with Crippen LogP contribution in [0.3, 0.4) is 0 Å². The van der Waals surface area contributed by atoms with E-state index in [1.165, 1.54) is 6.20 Å². The Morgan fingerprint density at radius 2 is 2.00 bits per heavy atom. The normalized spacial score (nSPS) is 15.7. The van der Waals surface area contributed by atoms with Crippen molar-refractivity contribution in [2.24, 2.45) is 0 Å². The first-order chi connectivity index (χ1) is 23.6. The van der Waals surface area contributed by atoms with Gasteiger partial charge in [0.25, 0.3) is 0 Å². The maximum Gasteiger partial charge on any atom is 0.414 e. The number of aromatic nitrogens is 7. The number of hydrogen-bond donors (Lipinski definition) is 2. The summed E-state index contributed by atoms with van der Waals surface area (Å²) in [4.78, 5) is 19.0. The molecule has 0 radical (unpaired) electrons. The molecule has 258 valence electrons. The quantitative estimate of drug-likeness (QED) is 0.0920. The number of nitro groups is 1. The Bertz CT molecular complexity index is 1880. The lowest BCUT2D eigenvalue weighted by Crippen LogP contribution is -2.33. The molecule has 0 fully saturated rings. The van der Waals surface area contributed by atoms with E-state index in [1.807, 2.05) is 41.1 Å². The summed E-state index contributed by atoms with van der Waals surface area (Å²) in [6.07, 6.45) is 4.75. The number of pyridine rings is 1. The maximum atomic E-state index is 11.1. The monoisotopic (exact) mass is 670 g/mol. The van der Waals surface area contributed by atoms with Gasteiger partial charge in [-0.3, -0.25) is 9.55 Å². The van der Waals surface area contributed by atoms with E-state index in [9.17, 15) is 10.1 Å². The molecule has 15 heteroatoms. The summed E-state index contributed by atoms with van der Waals surface area (Å²) < 4.78 is 20.7. The third kappa shape index (κ3) is 7.95. The number of nitrogens with one attached hydrogen (secondary N) is 2. The van der Waals surface area contributed by atoms with Crippen molar-refractivity contribution in [3.63, 3.8) is 0 Å². The van der Waals surface area contributed by atoms with Crippen molar-refractivity contribution in [3.8, 4) is 11.8 Å². The molecule has 15 nitrogen and oxygen atoms in total. The molecule has 49 heavy (non-hydrogen) atoms. The number of nitrogens with zero attached hydrogens (tertiary/aromatic N) is 8. The molecule has 1 aliphatic heterocycles. The van der Waals surface area contributed by atoms with Crippen LogP contribution in [-0.2, 0) is 23.4 Å². The summed E-state index contributed by atoms with van der Waals surface area (Å²) in [5, 5.41) is 32.2. The van der Waals surface area contributed by atoms with E-state index in [2.05, 4.69) is 76.0 Å². The van der Waals surface area contributed by atoms with Crippen LogP contribution in [0.25, 0.3) is 10.9 Å². The van der Waals surface area contributed by atoms with Crippen LogP contribution in [0, 0.1) is 10.1 Å². The lowest BCUT2D eigenvalue weighted by atomic mass is 10.0. The molecule has 0 aliphatic carbocycles. The minimum absolute atomic E-state index is 0.196. The van der Waals surface area contributed by atoms with Gasteiger partial charge in [0.15, 0.2) is 5.82 Å². The molecule has 0 saturated carbocycles. The minimum Gasteiger partial charge on any atom is -0.497 e. The zero-order valence-corrected chi connectivity index (χ0v) is 28.4. The Morgan fingerprint density at radius 1 is 1.18 bits per heavy atom. The Hall–Kier alpha value is -5.15. The van der Waals surface area contributed by atoms with Crippen LogP contribution in [0.15, 0.2) is 60.9 Å². The second-order valence-electron chi connectivity index (χ2n) is 13.2. The van der Waals surface area contributed by atoms with Gasteiger partial charge in [-0.1, -0.05) is 30.3 Å². The molecule has 2 aromatic carbocycles. The van der Waals surface area contributed by atoms with Gasteiger partial charge >= 0.3 is 11.8 Å². The highest BCUT2D eigenvalue weighted by molar-refractivity contribution is 5.91. The van der Waals surface area contributed by atoms with Crippen molar-refractivity contribution >= 4 is 22.4 Å². The number of imidazole rings is 1. The molecule has 0 saturated heterocycles. The fourth-order valence-electron chi connectivity index (χ4n) is 5.88. The summed E-state index contributed by atoms with van der Waals surface area (Å²) in [6.45, 7) is 10.2. The summed E-state index contributed by atoms with van der Waals surface area (Å²) in [6, 6.07) is 16.3. The largest absolute Gasteiger partial charge is 0.497 e. The van der Waals surface area contributed by atoms with Crippen LogP contribution < -0.4 is 20.1 Å². The van der Waals surface area contributed by atoms with Crippen molar-refractivity contribution in [3.05, 3.63) is 88.0 Å². The highest BCUT2D eigenvalue weighted by atomic mass is 16.6. The van der Waals surface area contributed by atoms with E-state index >= 15 is 0 Å². The molecular formula is C34H42N10O5. The van der Waals surface area contributed by atoms with E-state index in [0.717, 1.165) is 58.7 Å². The molecule has 6 rings (SSSR count). The smallest absolute Gasteiger partial charge is 0.414 e. The molecule has 1 aliphatic rings. The third-order valence-corrected chi connectivity index (χ3v) is 8.38. The number of tetrazole rings is 1. The van der Waals surface area contributed by atoms with Crippen LogP contribution in [0.1, 0.15) is 63.5 Å². The number of hydrogen-bond acceptors (Lipinski definition) is 12. The first kappa shape index (κ1) is 33.7. The number of ether oxygens (including phenoxy) is 3. The van der Waals surface area contributed by atoms with Gasteiger partial charge in [0, 0.05) is 28.7 Å². The highest BCUT2D eigenvalue weighted by Crippen LogP contribution is 2.29. The Balaban J connectivity index is 1.08. The van der Waals surface area contributed by atoms with E-state index in [1.54, 1.807) is 17.9 Å². The topological polar surface area (TPSA) is 169 Å². The number of methoxy groups -OCH3 is 1. The number of fused-ring (bicyclic) bond motifs is 2. The van der Waals surface area contributed by atoms with E-state index < -0.39 is 4.92 Å². The first-order valence-electron chi connectivity index (χ1n) is 16.4. The molecule has 2 unspecified atom stereocenters. The van der Waals surface area contributed by atoms with Crippen LogP contribution in [-0.4, -0.2) is 72.1 Å². The molecule has 2 N–H and O–H groups in total. The zero-order chi connectivity index (χ0) is 34.5. The minimum atomic E-state index is -0.532. The fourth-order valence-corrected chi connectivity index (χ4v) is 5.88. The number of benzene rings is 2. The van der Waals surface area contributed by atoms with Crippen molar-refractivity contribution in [1.82, 2.24) is 40.1 Å². The van der Waals surface area contributed by atoms with Crippen LogP contribution in [0.2, 0.25) is 0 Å². The average Bonchev–Trinajstić information content (AvgIpc) is 3.76. The zero-order valence-electron chi connectivity index (χ0n) is 28.4. The van der Waals surface area contributed by atoms with Gasteiger partial charge in [-0.05, 0) is 85.7 Å². The summed E-state index contributed by atoms with van der Waals surface area (Å²) in [5.74, 6) is 1.29. The molecular weight excluding hydrogens is 628 g/mol. The molecule has 4 heterocycles. The standard InChI is InChI=1S/C34H42N10O5/c1-22(37-28-17-26(47-5)16-25-9-7-15-35-30(25)28)8-6-14-36-31(32-39-40-41-43(32)34(2,3)4)24-12-10-23(11-13-24)20-48-27-18-42-19-29(44(45)46)38-33(42)49-21-27/h7,9-13,15-17,19,22,27,31,36-37H,6,8,14,18,20-21H2,1-5H3/t22?,27-,31?/m0/s1. The predicted molar refractivity (Wildman–Crippen MR) is 183 cm³/mol.